The first-order valence-corrected chi connectivity index (χ1v) is 7.80. The van der Waals surface area contributed by atoms with Gasteiger partial charge in [-0.15, -0.1) is 0 Å². The van der Waals surface area contributed by atoms with Gasteiger partial charge in [0, 0.05) is 18.2 Å². The summed E-state index contributed by atoms with van der Waals surface area (Å²) < 4.78 is 60.3. The van der Waals surface area contributed by atoms with Gasteiger partial charge in [0.05, 0.1) is 12.4 Å². The fourth-order valence-electron chi connectivity index (χ4n) is 1.40. The Morgan fingerprint density at radius 1 is 1.42 bits per heavy atom. The van der Waals surface area contributed by atoms with Crippen molar-refractivity contribution in [1.29, 1.82) is 0 Å². The molecule has 0 saturated heterocycles. The number of aliphatic hydroxyl groups excluding tert-OH is 1. The molecule has 0 aliphatic heterocycles. The van der Waals surface area contributed by atoms with E-state index in [2.05, 4.69) is 17.2 Å². The maximum atomic E-state index is 12.7. The molecule has 1 aliphatic rings. The van der Waals surface area contributed by atoms with Crippen molar-refractivity contribution in [1.82, 2.24) is 5.32 Å². The summed E-state index contributed by atoms with van der Waals surface area (Å²) in [7, 11) is -3.48. The van der Waals surface area contributed by atoms with Crippen LogP contribution >= 0.6 is 0 Å². The second-order valence-electron chi connectivity index (χ2n) is 4.68. The molecule has 0 amide bonds. The lowest BCUT2D eigenvalue weighted by Gasteiger charge is -2.22. The van der Waals surface area contributed by atoms with Gasteiger partial charge < -0.3 is 5.11 Å². The second-order valence-corrected chi connectivity index (χ2v) is 6.86. The van der Waals surface area contributed by atoms with Gasteiger partial charge in [-0.3, -0.25) is 5.32 Å². The van der Waals surface area contributed by atoms with Gasteiger partial charge >= 0.3 is 6.18 Å². The number of sulfone groups is 1. The first-order chi connectivity index (χ1) is 8.62. The Bertz CT molecular complexity index is 460. The molecule has 0 aromatic heterocycles. The van der Waals surface area contributed by atoms with Crippen molar-refractivity contribution in [3.8, 4) is 11.8 Å². The quantitative estimate of drug-likeness (QED) is 0.718. The molecule has 0 aromatic rings. The molecule has 19 heavy (non-hydrogen) atoms. The number of alkyl halides is 3. The van der Waals surface area contributed by atoms with E-state index in [1.807, 2.05) is 0 Å². The predicted molar refractivity (Wildman–Crippen MR) is 64.1 cm³/mol. The van der Waals surface area contributed by atoms with Crippen LogP contribution in [0, 0.1) is 17.8 Å². The molecule has 0 heterocycles. The number of hydrogen-bond acceptors (Lipinski definition) is 4. The highest BCUT2D eigenvalue weighted by Gasteiger charge is 2.40. The Kier molecular flexibility index (Phi) is 5.24. The molecule has 110 valence electrons. The van der Waals surface area contributed by atoms with Crippen LogP contribution in [0.5, 0.6) is 0 Å². The van der Waals surface area contributed by atoms with Crippen molar-refractivity contribution in [3.63, 3.8) is 0 Å². The fourth-order valence-corrected chi connectivity index (χ4v) is 2.33. The molecule has 8 heteroatoms. The molecule has 0 aromatic carbocycles. The SMILES string of the molecule is CS(=O)(=O)C[C@@H](CO)N[C@@H](C#CC1CC1)C(F)(F)F. The predicted octanol–water partition coefficient (Wildman–Crippen LogP) is 0.326. The standard InChI is InChI=1S/C11H16F3NO3S/c1-19(17,18)7-9(6-16)15-10(11(12,13)14)5-4-8-2-3-8/h8-10,15-16H,2-3,6-7H2,1H3/t9-,10+/m1/s1. The van der Waals surface area contributed by atoms with Crippen molar-refractivity contribution < 1.29 is 26.7 Å². The van der Waals surface area contributed by atoms with E-state index in [1.54, 1.807) is 0 Å². The Balaban J connectivity index is 2.72. The Hall–Kier alpha value is -0.780. The highest BCUT2D eigenvalue weighted by Crippen LogP contribution is 2.28. The zero-order valence-corrected chi connectivity index (χ0v) is 11.2. The maximum Gasteiger partial charge on any atom is 0.415 e. The normalized spacial score (nSPS) is 19.4. The lowest BCUT2D eigenvalue weighted by molar-refractivity contribution is -0.144. The molecule has 1 aliphatic carbocycles. The summed E-state index contributed by atoms with van der Waals surface area (Å²) in [5.74, 6) is 4.01. The van der Waals surface area contributed by atoms with Gasteiger partial charge in [-0.2, -0.15) is 13.2 Å². The second kappa shape index (κ2) is 6.11. The van der Waals surface area contributed by atoms with Gasteiger partial charge in [0.1, 0.15) is 9.84 Å². The number of nitrogens with one attached hydrogen (secondary N) is 1. The molecule has 1 rings (SSSR count). The van der Waals surface area contributed by atoms with E-state index in [0.29, 0.717) is 0 Å². The van der Waals surface area contributed by atoms with Crippen molar-refractivity contribution in [2.45, 2.75) is 31.1 Å². The lowest BCUT2D eigenvalue weighted by atomic mass is 10.2. The van der Waals surface area contributed by atoms with Crippen LogP contribution in [0.25, 0.3) is 0 Å². The Morgan fingerprint density at radius 2 is 2.00 bits per heavy atom. The molecular formula is C11H16F3NO3S. The van der Waals surface area contributed by atoms with E-state index >= 15 is 0 Å². The number of aliphatic hydroxyl groups is 1. The molecular weight excluding hydrogens is 283 g/mol. The summed E-state index contributed by atoms with van der Waals surface area (Å²) in [4.78, 5) is 0. The smallest absolute Gasteiger partial charge is 0.395 e. The van der Waals surface area contributed by atoms with Crippen LogP contribution in [0.3, 0.4) is 0 Å². The van der Waals surface area contributed by atoms with E-state index in [4.69, 9.17) is 5.11 Å². The van der Waals surface area contributed by atoms with Gasteiger partial charge in [-0.1, -0.05) is 11.8 Å². The molecule has 1 fully saturated rings. The van der Waals surface area contributed by atoms with Gasteiger partial charge in [0.25, 0.3) is 0 Å². The topological polar surface area (TPSA) is 66.4 Å². The number of hydrogen-bond donors (Lipinski definition) is 2. The van der Waals surface area contributed by atoms with Crippen molar-refractivity contribution >= 4 is 9.84 Å². The average molecular weight is 299 g/mol. The molecule has 2 atom stereocenters. The Morgan fingerprint density at radius 3 is 2.37 bits per heavy atom. The summed E-state index contributed by atoms with van der Waals surface area (Å²) in [6.07, 6.45) is -2.11. The highest BCUT2D eigenvalue weighted by molar-refractivity contribution is 7.90. The molecule has 0 spiro atoms. The van der Waals surface area contributed by atoms with E-state index in [9.17, 15) is 21.6 Å². The minimum atomic E-state index is -4.60. The summed E-state index contributed by atoms with van der Waals surface area (Å²) in [5, 5.41) is 11.0. The zero-order valence-electron chi connectivity index (χ0n) is 10.4. The summed E-state index contributed by atoms with van der Waals surface area (Å²) in [6.45, 7) is -0.704. The number of rotatable bonds is 5. The largest absolute Gasteiger partial charge is 0.415 e. The molecule has 0 bridgehead atoms. The lowest BCUT2D eigenvalue weighted by Crippen LogP contribution is -2.50. The van der Waals surface area contributed by atoms with Crippen LogP contribution in [0.4, 0.5) is 13.2 Å². The first kappa shape index (κ1) is 16.3. The van der Waals surface area contributed by atoms with Gasteiger partial charge in [0.15, 0.2) is 6.04 Å². The molecule has 0 radical (unpaired) electrons. The fraction of sp³-hybridized carbons (Fsp3) is 0.818. The van der Waals surface area contributed by atoms with Crippen molar-refractivity contribution in [2.24, 2.45) is 5.92 Å². The minimum absolute atomic E-state index is 0.00846. The monoisotopic (exact) mass is 299 g/mol. The van der Waals surface area contributed by atoms with Gasteiger partial charge in [-0.05, 0) is 12.8 Å². The minimum Gasteiger partial charge on any atom is -0.395 e. The van der Waals surface area contributed by atoms with E-state index in [1.165, 1.54) is 0 Å². The summed E-state index contributed by atoms with van der Waals surface area (Å²) >= 11 is 0. The van der Waals surface area contributed by atoms with Gasteiger partial charge in [0.2, 0.25) is 0 Å². The molecule has 4 nitrogen and oxygen atoms in total. The summed E-state index contributed by atoms with van der Waals surface area (Å²) in [6, 6.07) is -3.30. The molecule has 2 N–H and O–H groups in total. The van der Waals surface area contributed by atoms with E-state index < -0.39 is 40.5 Å². The summed E-state index contributed by atoms with van der Waals surface area (Å²) in [5.41, 5.74) is 0. The van der Waals surface area contributed by atoms with Crippen LogP contribution in [-0.2, 0) is 9.84 Å². The van der Waals surface area contributed by atoms with Crippen LogP contribution in [0.2, 0.25) is 0 Å². The number of halogens is 3. The van der Waals surface area contributed by atoms with Crippen molar-refractivity contribution in [2.75, 3.05) is 18.6 Å². The van der Waals surface area contributed by atoms with Crippen LogP contribution in [0.1, 0.15) is 12.8 Å². The first-order valence-electron chi connectivity index (χ1n) is 5.74. The van der Waals surface area contributed by atoms with Crippen LogP contribution in [-0.4, -0.2) is 50.4 Å². The Labute approximate surface area is 110 Å². The third-order valence-electron chi connectivity index (χ3n) is 2.46. The maximum absolute atomic E-state index is 12.7. The third kappa shape index (κ3) is 6.80. The van der Waals surface area contributed by atoms with Crippen LogP contribution in [0.15, 0.2) is 0 Å². The van der Waals surface area contributed by atoms with Crippen LogP contribution < -0.4 is 5.32 Å². The van der Waals surface area contributed by atoms with E-state index in [0.717, 1.165) is 19.1 Å². The highest BCUT2D eigenvalue weighted by atomic mass is 32.2. The third-order valence-corrected chi connectivity index (χ3v) is 3.47. The molecule has 0 unspecified atom stereocenters. The van der Waals surface area contributed by atoms with Gasteiger partial charge in [-0.25, -0.2) is 8.42 Å². The van der Waals surface area contributed by atoms with E-state index in [-0.39, 0.29) is 5.92 Å². The molecule has 1 saturated carbocycles. The average Bonchev–Trinajstić information content (AvgIpc) is 3.02. The van der Waals surface area contributed by atoms with Crippen molar-refractivity contribution in [3.05, 3.63) is 0 Å². The zero-order chi connectivity index (χ0) is 14.7.